The molecule has 1 aromatic carbocycles. The Hall–Kier alpha value is -3.85. The first-order chi connectivity index (χ1) is 16.0. The van der Waals surface area contributed by atoms with Crippen molar-refractivity contribution >= 4 is 16.8 Å². The van der Waals surface area contributed by atoms with E-state index in [1.807, 2.05) is 25.3 Å². The number of aromatic nitrogens is 4. The third kappa shape index (κ3) is 5.69. The van der Waals surface area contributed by atoms with Gasteiger partial charge in [0, 0.05) is 42.7 Å². The third-order valence-corrected chi connectivity index (χ3v) is 5.01. The number of halogens is 1. The average Bonchev–Trinajstić information content (AvgIpc) is 3.21. The Labute approximate surface area is 190 Å². The molecule has 0 bridgehead atoms. The number of nitrogens with zero attached hydrogens (tertiary/aromatic N) is 4. The highest BCUT2D eigenvalue weighted by atomic mass is 19.1. The van der Waals surface area contributed by atoms with Crippen molar-refractivity contribution < 1.29 is 19.0 Å². The number of fused-ring (bicyclic) bond motifs is 1. The molecule has 0 atom stereocenters. The molecule has 0 saturated carbocycles. The van der Waals surface area contributed by atoms with Crippen LogP contribution in [0.2, 0.25) is 0 Å². The number of aliphatic hydroxyl groups excluding tert-OH is 1. The van der Waals surface area contributed by atoms with Gasteiger partial charge in [0.1, 0.15) is 11.6 Å². The van der Waals surface area contributed by atoms with Gasteiger partial charge in [0.15, 0.2) is 0 Å². The van der Waals surface area contributed by atoms with E-state index in [0.717, 1.165) is 22.0 Å². The molecule has 0 saturated heterocycles. The largest absolute Gasteiger partial charge is 0.439 e. The minimum absolute atomic E-state index is 0.0363. The summed E-state index contributed by atoms with van der Waals surface area (Å²) in [5.74, 6) is 0.496. The van der Waals surface area contributed by atoms with E-state index in [4.69, 9.17) is 9.84 Å². The molecular formula is C24H24FN5O3. The number of hydrogen-bond donors (Lipinski definition) is 2. The fourth-order valence-corrected chi connectivity index (χ4v) is 3.41. The smallest absolute Gasteiger partial charge is 0.226 e. The molecule has 2 N–H and O–H groups in total. The topological polar surface area (TPSA) is 102 Å². The highest BCUT2D eigenvalue weighted by Gasteiger charge is 2.12. The molecule has 0 aliphatic rings. The normalized spacial score (nSPS) is 11.0. The minimum Gasteiger partial charge on any atom is -0.439 e. The van der Waals surface area contributed by atoms with Gasteiger partial charge in [-0.05, 0) is 55.3 Å². The lowest BCUT2D eigenvalue weighted by atomic mass is 10.2. The van der Waals surface area contributed by atoms with Crippen LogP contribution in [0.15, 0.2) is 55.0 Å². The number of benzene rings is 1. The van der Waals surface area contributed by atoms with Crippen molar-refractivity contribution in [2.75, 3.05) is 13.2 Å². The summed E-state index contributed by atoms with van der Waals surface area (Å²) < 4.78 is 20.6. The van der Waals surface area contributed by atoms with E-state index in [0.29, 0.717) is 36.8 Å². The van der Waals surface area contributed by atoms with E-state index >= 15 is 0 Å². The van der Waals surface area contributed by atoms with Crippen molar-refractivity contribution in [3.05, 3.63) is 77.6 Å². The summed E-state index contributed by atoms with van der Waals surface area (Å²) in [5.41, 5.74) is 3.18. The SMILES string of the molecule is Cc1cc(Cn2cc3c(CC(=O)NCCCO)nccc3n2)cnc1Oc1ccc(F)cc1. The maximum atomic E-state index is 13.1. The Morgan fingerprint density at radius 3 is 2.79 bits per heavy atom. The molecule has 8 nitrogen and oxygen atoms in total. The van der Waals surface area contributed by atoms with Gasteiger partial charge in [-0.3, -0.25) is 14.5 Å². The molecule has 0 fully saturated rings. The Morgan fingerprint density at radius 1 is 1.21 bits per heavy atom. The number of aryl methyl sites for hydroxylation is 1. The van der Waals surface area contributed by atoms with Crippen molar-refractivity contribution in [2.24, 2.45) is 0 Å². The molecule has 4 rings (SSSR count). The van der Waals surface area contributed by atoms with Gasteiger partial charge in [0.25, 0.3) is 0 Å². The predicted octanol–water partition coefficient (Wildman–Crippen LogP) is 3.16. The molecule has 3 aromatic heterocycles. The van der Waals surface area contributed by atoms with Crippen LogP contribution in [0.3, 0.4) is 0 Å². The zero-order chi connectivity index (χ0) is 23.2. The summed E-state index contributed by atoms with van der Waals surface area (Å²) in [5, 5.41) is 17.0. The zero-order valence-corrected chi connectivity index (χ0v) is 18.2. The molecule has 9 heteroatoms. The molecule has 4 aromatic rings. The summed E-state index contributed by atoms with van der Waals surface area (Å²) in [4.78, 5) is 20.9. The Morgan fingerprint density at radius 2 is 2.03 bits per heavy atom. The van der Waals surface area contributed by atoms with Crippen LogP contribution in [0, 0.1) is 12.7 Å². The van der Waals surface area contributed by atoms with Gasteiger partial charge in [-0.25, -0.2) is 9.37 Å². The van der Waals surface area contributed by atoms with Crippen molar-refractivity contribution in [1.29, 1.82) is 0 Å². The quantitative estimate of drug-likeness (QED) is 0.381. The van der Waals surface area contributed by atoms with Crippen LogP contribution in [-0.2, 0) is 17.8 Å². The van der Waals surface area contributed by atoms with Crippen LogP contribution in [0.5, 0.6) is 11.6 Å². The van der Waals surface area contributed by atoms with Crippen LogP contribution < -0.4 is 10.1 Å². The average molecular weight is 449 g/mol. The van der Waals surface area contributed by atoms with Crippen LogP contribution >= 0.6 is 0 Å². The lowest BCUT2D eigenvalue weighted by Crippen LogP contribution is -2.26. The molecule has 1 amide bonds. The minimum atomic E-state index is -0.324. The number of aliphatic hydroxyl groups is 1. The third-order valence-electron chi connectivity index (χ3n) is 5.01. The van der Waals surface area contributed by atoms with Crippen molar-refractivity contribution in [3.8, 4) is 11.6 Å². The van der Waals surface area contributed by atoms with Crippen LogP contribution in [-0.4, -0.2) is 43.9 Å². The van der Waals surface area contributed by atoms with Gasteiger partial charge >= 0.3 is 0 Å². The Balaban J connectivity index is 1.47. The van der Waals surface area contributed by atoms with E-state index in [1.54, 1.807) is 29.2 Å². The zero-order valence-electron chi connectivity index (χ0n) is 18.2. The number of ether oxygens (including phenoxy) is 1. The number of hydrogen-bond acceptors (Lipinski definition) is 6. The molecule has 0 radical (unpaired) electrons. The second-order valence-corrected chi connectivity index (χ2v) is 7.64. The van der Waals surface area contributed by atoms with Gasteiger partial charge in [0.05, 0.1) is 24.2 Å². The van der Waals surface area contributed by atoms with Crippen LogP contribution in [0.4, 0.5) is 4.39 Å². The maximum Gasteiger partial charge on any atom is 0.226 e. The summed E-state index contributed by atoms with van der Waals surface area (Å²) in [7, 11) is 0. The van der Waals surface area contributed by atoms with Crippen LogP contribution in [0.25, 0.3) is 10.9 Å². The molecule has 0 unspecified atom stereocenters. The number of amides is 1. The molecule has 0 spiro atoms. The van der Waals surface area contributed by atoms with Gasteiger partial charge in [-0.15, -0.1) is 0 Å². The van der Waals surface area contributed by atoms with Gasteiger partial charge in [0.2, 0.25) is 11.8 Å². The van der Waals surface area contributed by atoms with E-state index < -0.39 is 0 Å². The van der Waals surface area contributed by atoms with Crippen molar-refractivity contribution in [3.63, 3.8) is 0 Å². The van der Waals surface area contributed by atoms with Gasteiger partial charge in [-0.1, -0.05) is 0 Å². The highest BCUT2D eigenvalue weighted by molar-refractivity contribution is 5.86. The first-order valence-corrected chi connectivity index (χ1v) is 10.6. The standard InChI is InChI=1S/C24H24FN5O3/c1-16-11-17(13-28-24(16)33-19-5-3-18(25)4-6-19)14-30-15-20-21(29-30)7-9-26-22(20)12-23(32)27-8-2-10-31/h3-7,9,11,13,15,31H,2,8,10,12,14H2,1H3,(H,27,32). The fourth-order valence-electron chi connectivity index (χ4n) is 3.41. The molecule has 170 valence electrons. The van der Waals surface area contributed by atoms with E-state index in [1.165, 1.54) is 12.1 Å². The number of carbonyl (C=O) groups is 1. The number of pyridine rings is 2. The second-order valence-electron chi connectivity index (χ2n) is 7.64. The van der Waals surface area contributed by atoms with E-state index in [9.17, 15) is 9.18 Å². The van der Waals surface area contributed by atoms with E-state index in [2.05, 4.69) is 20.4 Å². The monoisotopic (exact) mass is 449 g/mol. The van der Waals surface area contributed by atoms with Gasteiger partial charge < -0.3 is 15.2 Å². The molecular weight excluding hydrogens is 425 g/mol. The number of carbonyl (C=O) groups excluding carboxylic acids is 1. The second kappa shape index (κ2) is 10.2. The fraction of sp³-hybridized carbons (Fsp3) is 0.250. The van der Waals surface area contributed by atoms with Crippen molar-refractivity contribution in [1.82, 2.24) is 25.1 Å². The summed E-state index contributed by atoms with van der Waals surface area (Å²) in [6.07, 6.45) is 5.89. The number of nitrogens with one attached hydrogen (secondary N) is 1. The summed E-state index contributed by atoms with van der Waals surface area (Å²) in [6, 6.07) is 9.55. The Bertz CT molecular complexity index is 1260. The Kier molecular flexibility index (Phi) is 6.89. The van der Waals surface area contributed by atoms with Gasteiger partial charge in [-0.2, -0.15) is 5.10 Å². The molecule has 33 heavy (non-hydrogen) atoms. The molecule has 3 heterocycles. The molecule has 0 aliphatic heterocycles. The van der Waals surface area contributed by atoms with E-state index in [-0.39, 0.29) is 24.8 Å². The number of rotatable bonds is 9. The van der Waals surface area contributed by atoms with Crippen molar-refractivity contribution in [2.45, 2.75) is 26.3 Å². The maximum absolute atomic E-state index is 13.1. The first-order valence-electron chi connectivity index (χ1n) is 10.6. The summed E-state index contributed by atoms with van der Waals surface area (Å²) >= 11 is 0. The predicted molar refractivity (Wildman–Crippen MR) is 120 cm³/mol. The first kappa shape index (κ1) is 22.3. The summed E-state index contributed by atoms with van der Waals surface area (Å²) in [6.45, 7) is 2.85. The lowest BCUT2D eigenvalue weighted by Gasteiger charge is -2.09. The van der Waals surface area contributed by atoms with Crippen LogP contribution in [0.1, 0.15) is 23.2 Å². The highest BCUT2D eigenvalue weighted by Crippen LogP contribution is 2.24. The lowest BCUT2D eigenvalue weighted by molar-refractivity contribution is -0.120. The molecule has 0 aliphatic carbocycles.